The van der Waals surface area contributed by atoms with Crippen molar-refractivity contribution in [2.45, 2.75) is 98.6 Å². The van der Waals surface area contributed by atoms with Crippen LogP contribution in [-0.2, 0) is 14.4 Å². The number of Topliss-reactive ketones (excluding diaryl/α,β-unsaturated/α-hetero) is 1. The van der Waals surface area contributed by atoms with Crippen molar-refractivity contribution in [2.75, 3.05) is 0 Å². The van der Waals surface area contributed by atoms with Crippen molar-refractivity contribution in [1.82, 2.24) is 10.6 Å². The molecule has 5 nitrogen and oxygen atoms in total. The Hall–Kier alpha value is -1.39. The molecule has 0 heterocycles. The highest BCUT2D eigenvalue weighted by atomic mass is 16.2. The first-order valence-corrected chi connectivity index (χ1v) is 9.84. The van der Waals surface area contributed by atoms with Gasteiger partial charge in [-0.25, -0.2) is 0 Å². The van der Waals surface area contributed by atoms with Gasteiger partial charge in [-0.2, -0.15) is 0 Å². The van der Waals surface area contributed by atoms with E-state index in [4.69, 9.17) is 0 Å². The summed E-state index contributed by atoms with van der Waals surface area (Å²) in [6.07, 6.45) is 5.90. The molecular formula is C20H38N2O3. The second-order valence-electron chi connectivity index (χ2n) is 7.55. The summed E-state index contributed by atoms with van der Waals surface area (Å²) in [6.45, 7) is 11.6. The maximum Gasteiger partial charge on any atom is 0.243 e. The number of carbonyl (C=O) groups is 3. The molecule has 0 aromatic rings. The minimum Gasteiger partial charge on any atom is -0.345 e. The fraction of sp³-hybridized carbons (Fsp3) is 0.850. The molecule has 5 heteroatoms. The Bertz CT molecular complexity index is 421. The summed E-state index contributed by atoms with van der Waals surface area (Å²) in [5, 5.41) is 5.74. The zero-order valence-electron chi connectivity index (χ0n) is 17.0. The molecule has 25 heavy (non-hydrogen) atoms. The standard InChI is InChI=1S/C20H38N2O3/c1-7-9-11-15(5)19(24)21-17(12-10-8-2)20(25)22-18(16(6)23)13-14(3)4/h14-15,17-18H,7-13H2,1-6H3,(H,21,24)(H,22,25)/t15-,17-,18-/m0/s1. The lowest BCUT2D eigenvalue weighted by atomic mass is 9.99. The van der Waals surface area contributed by atoms with Crippen molar-refractivity contribution in [1.29, 1.82) is 0 Å². The van der Waals surface area contributed by atoms with Gasteiger partial charge in [-0.3, -0.25) is 14.4 Å². The lowest BCUT2D eigenvalue weighted by Gasteiger charge is -2.24. The second-order valence-corrected chi connectivity index (χ2v) is 7.55. The maximum atomic E-state index is 12.6. The van der Waals surface area contributed by atoms with Gasteiger partial charge in [0.15, 0.2) is 5.78 Å². The number of hydrogen-bond donors (Lipinski definition) is 2. The largest absolute Gasteiger partial charge is 0.345 e. The van der Waals surface area contributed by atoms with E-state index in [1.807, 2.05) is 20.8 Å². The molecule has 0 rings (SSSR count). The van der Waals surface area contributed by atoms with Gasteiger partial charge < -0.3 is 10.6 Å². The van der Waals surface area contributed by atoms with Gasteiger partial charge in [-0.15, -0.1) is 0 Å². The van der Waals surface area contributed by atoms with E-state index in [1.165, 1.54) is 6.92 Å². The third kappa shape index (κ3) is 10.3. The van der Waals surface area contributed by atoms with E-state index in [0.29, 0.717) is 18.8 Å². The first-order chi connectivity index (χ1) is 11.7. The molecule has 0 aliphatic rings. The van der Waals surface area contributed by atoms with Gasteiger partial charge in [0.1, 0.15) is 6.04 Å². The lowest BCUT2D eigenvalue weighted by molar-refractivity contribution is -0.132. The van der Waals surface area contributed by atoms with Crippen molar-refractivity contribution < 1.29 is 14.4 Å². The quantitative estimate of drug-likeness (QED) is 0.530. The van der Waals surface area contributed by atoms with Crippen LogP contribution in [-0.4, -0.2) is 29.7 Å². The van der Waals surface area contributed by atoms with Gasteiger partial charge in [0, 0.05) is 5.92 Å². The minimum atomic E-state index is -0.564. The number of amides is 2. The third-order valence-electron chi connectivity index (χ3n) is 4.43. The van der Waals surface area contributed by atoms with E-state index in [2.05, 4.69) is 24.5 Å². The minimum absolute atomic E-state index is 0.0427. The lowest BCUT2D eigenvalue weighted by Crippen LogP contribution is -2.52. The maximum absolute atomic E-state index is 12.6. The van der Waals surface area contributed by atoms with Crippen molar-refractivity contribution >= 4 is 17.6 Å². The Morgan fingerprint density at radius 1 is 0.800 bits per heavy atom. The SMILES string of the molecule is CCCC[C@H](NC(=O)[C@@H](C)CCCC)C(=O)N[C@@H](CC(C)C)C(C)=O. The van der Waals surface area contributed by atoms with Gasteiger partial charge >= 0.3 is 0 Å². The van der Waals surface area contributed by atoms with Crippen LogP contribution in [0.2, 0.25) is 0 Å². The van der Waals surface area contributed by atoms with Crippen molar-refractivity contribution in [2.24, 2.45) is 11.8 Å². The molecule has 0 aromatic carbocycles. The highest BCUT2D eigenvalue weighted by Crippen LogP contribution is 2.11. The van der Waals surface area contributed by atoms with Gasteiger partial charge in [-0.05, 0) is 32.1 Å². The molecule has 0 fully saturated rings. The first-order valence-electron chi connectivity index (χ1n) is 9.84. The molecule has 0 bridgehead atoms. The Morgan fingerprint density at radius 2 is 1.32 bits per heavy atom. The Balaban J connectivity index is 4.89. The van der Waals surface area contributed by atoms with Crippen LogP contribution in [0.5, 0.6) is 0 Å². The number of ketones is 1. The predicted octanol–water partition coefficient (Wildman–Crippen LogP) is 3.61. The number of carbonyl (C=O) groups excluding carboxylic acids is 3. The van der Waals surface area contributed by atoms with Crippen LogP contribution in [0, 0.1) is 11.8 Å². The first kappa shape index (κ1) is 23.6. The van der Waals surface area contributed by atoms with Gasteiger partial charge in [0.25, 0.3) is 0 Å². The number of unbranched alkanes of at least 4 members (excludes halogenated alkanes) is 2. The topological polar surface area (TPSA) is 75.3 Å². The van der Waals surface area contributed by atoms with Crippen molar-refractivity contribution in [3.8, 4) is 0 Å². The molecule has 0 spiro atoms. The number of nitrogens with one attached hydrogen (secondary N) is 2. The van der Waals surface area contributed by atoms with E-state index < -0.39 is 12.1 Å². The average Bonchev–Trinajstić information content (AvgIpc) is 2.54. The fourth-order valence-electron chi connectivity index (χ4n) is 2.70. The van der Waals surface area contributed by atoms with E-state index in [1.54, 1.807) is 0 Å². The summed E-state index contributed by atoms with van der Waals surface area (Å²) in [5.41, 5.74) is 0. The molecule has 0 radical (unpaired) electrons. The monoisotopic (exact) mass is 354 g/mol. The summed E-state index contributed by atoms with van der Waals surface area (Å²) in [6, 6.07) is -1.04. The number of rotatable bonds is 13. The molecule has 3 atom stereocenters. The fourth-order valence-corrected chi connectivity index (χ4v) is 2.70. The molecule has 0 unspecified atom stereocenters. The zero-order valence-corrected chi connectivity index (χ0v) is 17.0. The summed E-state index contributed by atoms with van der Waals surface area (Å²) in [5.74, 6) is -0.152. The normalized spacial score (nSPS) is 14.7. The Kier molecular flexibility index (Phi) is 12.2. The molecular weight excluding hydrogens is 316 g/mol. The number of hydrogen-bond acceptors (Lipinski definition) is 3. The van der Waals surface area contributed by atoms with E-state index in [0.717, 1.165) is 32.1 Å². The van der Waals surface area contributed by atoms with Crippen molar-refractivity contribution in [3.05, 3.63) is 0 Å². The summed E-state index contributed by atoms with van der Waals surface area (Å²) < 4.78 is 0. The Morgan fingerprint density at radius 3 is 1.80 bits per heavy atom. The summed E-state index contributed by atoms with van der Waals surface area (Å²) >= 11 is 0. The van der Waals surface area contributed by atoms with E-state index >= 15 is 0 Å². The van der Waals surface area contributed by atoms with Crippen LogP contribution in [0.3, 0.4) is 0 Å². The van der Waals surface area contributed by atoms with Crippen LogP contribution < -0.4 is 10.6 Å². The highest BCUT2D eigenvalue weighted by Gasteiger charge is 2.26. The van der Waals surface area contributed by atoms with E-state index in [-0.39, 0.29) is 23.5 Å². The molecule has 2 amide bonds. The molecule has 0 saturated carbocycles. The van der Waals surface area contributed by atoms with Crippen LogP contribution in [0.25, 0.3) is 0 Å². The molecule has 2 N–H and O–H groups in total. The molecule has 146 valence electrons. The van der Waals surface area contributed by atoms with Gasteiger partial charge in [-0.1, -0.05) is 60.3 Å². The highest BCUT2D eigenvalue weighted by molar-refractivity contribution is 5.92. The second kappa shape index (κ2) is 12.9. The van der Waals surface area contributed by atoms with Crippen LogP contribution in [0.15, 0.2) is 0 Å². The average molecular weight is 355 g/mol. The van der Waals surface area contributed by atoms with Crippen molar-refractivity contribution in [3.63, 3.8) is 0 Å². The van der Waals surface area contributed by atoms with Crippen LogP contribution in [0.1, 0.15) is 86.5 Å². The van der Waals surface area contributed by atoms with Gasteiger partial charge in [0.05, 0.1) is 6.04 Å². The molecule has 0 aromatic heterocycles. The van der Waals surface area contributed by atoms with Crippen LogP contribution in [0.4, 0.5) is 0 Å². The smallest absolute Gasteiger partial charge is 0.243 e. The Labute approximate surface area is 153 Å². The molecule has 0 aliphatic heterocycles. The third-order valence-corrected chi connectivity index (χ3v) is 4.43. The van der Waals surface area contributed by atoms with E-state index in [9.17, 15) is 14.4 Å². The summed E-state index contributed by atoms with van der Waals surface area (Å²) in [7, 11) is 0. The summed E-state index contributed by atoms with van der Waals surface area (Å²) in [4.78, 5) is 36.8. The predicted molar refractivity (Wildman–Crippen MR) is 102 cm³/mol. The molecule has 0 saturated heterocycles. The zero-order chi connectivity index (χ0) is 19.4. The molecule has 0 aliphatic carbocycles. The van der Waals surface area contributed by atoms with Gasteiger partial charge in [0.2, 0.25) is 11.8 Å². The van der Waals surface area contributed by atoms with Crippen LogP contribution >= 0.6 is 0 Å².